The summed E-state index contributed by atoms with van der Waals surface area (Å²) in [5.74, 6) is -0.209. The van der Waals surface area contributed by atoms with Crippen molar-refractivity contribution in [3.05, 3.63) is 44.7 Å². The molecule has 3 atom stereocenters. The normalized spacial score (nSPS) is 23.2. The van der Waals surface area contributed by atoms with Crippen LogP contribution in [0.15, 0.2) is 23.0 Å². The molecule has 0 unspecified atom stereocenters. The monoisotopic (exact) mass is 443 g/mol. The van der Waals surface area contributed by atoms with Crippen LogP contribution in [0.1, 0.15) is 43.7 Å². The number of carbonyl (C=O) groups is 2. The highest BCUT2D eigenvalue weighted by atomic mass is 35.5. The topological polar surface area (TPSA) is 107 Å². The maximum atomic E-state index is 13.0. The largest absolute Gasteiger partial charge is 0.342 e. The van der Waals surface area contributed by atoms with Crippen LogP contribution in [-0.4, -0.2) is 34.9 Å². The van der Waals surface area contributed by atoms with Gasteiger partial charge in [0.25, 0.3) is 5.56 Å². The number of benzene rings is 1. The van der Waals surface area contributed by atoms with Crippen molar-refractivity contribution < 1.29 is 9.59 Å². The first-order valence-electron chi connectivity index (χ1n) is 10.5. The molecule has 9 heteroatoms. The van der Waals surface area contributed by atoms with E-state index in [9.17, 15) is 14.4 Å². The maximum Gasteiger partial charge on any atom is 0.258 e. The van der Waals surface area contributed by atoms with Gasteiger partial charge in [-0.25, -0.2) is 0 Å². The van der Waals surface area contributed by atoms with Crippen molar-refractivity contribution in [1.82, 2.24) is 9.97 Å². The number of amides is 2. The minimum absolute atomic E-state index is 0.125. The van der Waals surface area contributed by atoms with Gasteiger partial charge < -0.3 is 15.5 Å². The number of nitrogens with one attached hydrogen (secondary N) is 3. The summed E-state index contributed by atoms with van der Waals surface area (Å²) < 4.78 is 0. The Morgan fingerprint density at radius 3 is 2.61 bits per heavy atom. The van der Waals surface area contributed by atoms with Crippen LogP contribution in [0.5, 0.6) is 0 Å². The summed E-state index contributed by atoms with van der Waals surface area (Å²) in [5.41, 5.74) is 1.16. The van der Waals surface area contributed by atoms with E-state index in [1.165, 1.54) is 0 Å². The number of anilines is 3. The van der Waals surface area contributed by atoms with Gasteiger partial charge in [-0.1, -0.05) is 31.5 Å². The first-order chi connectivity index (χ1) is 14.7. The van der Waals surface area contributed by atoms with Crippen LogP contribution in [0.2, 0.25) is 5.02 Å². The minimum Gasteiger partial charge on any atom is -0.342 e. The van der Waals surface area contributed by atoms with E-state index in [1.807, 2.05) is 11.8 Å². The summed E-state index contributed by atoms with van der Waals surface area (Å²) in [6, 6.07) is 5.16. The van der Waals surface area contributed by atoms with E-state index in [1.54, 1.807) is 18.2 Å². The molecule has 164 valence electrons. The van der Waals surface area contributed by atoms with Crippen LogP contribution in [0.25, 0.3) is 0 Å². The van der Waals surface area contributed by atoms with E-state index >= 15 is 0 Å². The van der Waals surface area contributed by atoms with Crippen LogP contribution in [0.3, 0.4) is 0 Å². The fourth-order valence-corrected chi connectivity index (χ4v) is 4.65. The third kappa shape index (κ3) is 4.44. The molecule has 31 heavy (non-hydrogen) atoms. The van der Waals surface area contributed by atoms with Gasteiger partial charge in [0.2, 0.25) is 17.8 Å². The number of H-pyrrole nitrogens is 1. The Balaban J connectivity index is 1.64. The number of hydrogen-bond acceptors (Lipinski definition) is 5. The highest BCUT2D eigenvalue weighted by Gasteiger charge is 2.35. The molecule has 2 aliphatic rings. The van der Waals surface area contributed by atoms with Crippen molar-refractivity contribution in [2.75, 3.05) is 28.6 Å². The van der Waals surface area contributed by atoms with Crippen molar-refractivity contribution >= 4 is 40.9 Å². The van der Waals surface area contributed by atoms with Crippen LogP contribution < -0.4 is 21.1 Å². The van der Waals surface area contributed by atoms with Gasteiger partial charge in [-0.3, -0.25) is 19.4 Å². The van der Waals surface area contributed by atoms with E-state index < -0.39 is 17.4 Å². The lowest BCUT2D eigenvalue weighted by molar-refractivity contribution is -0.123. The van der Waals surface area contributed by atoms with E-state index in [-0.39, 0.29) is 23.7 Å². The fourth-order valence-electron chi connectivity index (χ4n) is 4.47. The third-order valence-corrected chi connectivity index (χ3v) is 6.27. The summed E-state index contributed by atoms with van der Waals surface area (Å²) in [5, 5.41) is 5.96. The highest BCUT2D eigenvalue weighted by Crippen LogP contribution is 2.32. The molecule has 0 spiro atoms. The number of carbonyl (C=O) groups excluding carboxylic acids is 2. The second-order valence-electron chi connectivity index (χ2n) is 8.76. The standard InChI is InChI=1S/C22H26ClN5O3/c1-11-6-12(2)10-28(9-11)22-26-19-18(21(31)27-22)15(8-17(29)25-19)20(30)24-14-5-4-13(3)16(23)7-14/h4-5,7,11-12,15H,6,8-10H2,1-3H3,(H,24,30)(H2,25,26,27,29,31)/t11-,12-,15-/m1/s1. The molecule has 2 aliphatic heterocycles. The van der Waals surface area contributed by atoms with E-state index in [0.29, 0.717) is 28.5 Å². The average Bonchev–Trinajstić information content (AvgIpc) is 2.69. The Hall–Kier alpha value is -2.87. The minimum atomic E-state index is -0.937. The highest BCUT2D eigenvalue weighted by molar-refractivity contribution is 6.31. The lowest BCUT2D eigenvalue weighted by Crippen LogP contribution is -2.42. The number of aromatic nitrogens is 2. The lowest BCUT2D eigenvalue weighted by Gasteiger charge is -2.35. The Morgan fingerprint density at radius 2 is 1.94 bits per heavy atom. The molecule has 1 saturated heterocycles. The summed E-state index contributed by atoms with van der Waals surface area (Å²) in [6.45, 7) is 7.75. The Kier molecular flexibility index (Phi) is 5.75. The molecule has 3 N–H and O–H groups in total. The van der Waals surface area contributed by atoms with Gasteiger partial charge >= 0.3 is 0 Å². The van der Waals surface area contributed by atoms with Crippen LogP contribution in [0.4, 0.5) is 17.5 Å². The second-order valence-corrected chi connectivity index (χ2v) is 9.17. The number of piperidine rings is 1. The number of halogens is 1. The molecule has 2 amide bonds. The fraction of sp³-hybridized carbons (Fsp3) is 0.455. The first-order valence-corrected chi connectivity index (χ1v) is 10.8. The summed E-state index contributed by atoms with van der Waals surface area (Å²) in [7, 11) is 0. The number of aryl methyl sites for hydroxylation is 1. The van der Waals surface area contributed by atoms with Crippen LogP contribution >= 0.6 is 11.6 Å². The second kappa shape index (κ2) is 8.34. The molecule has 8 nitrogen and oxygen atoms in total. The molecule has 4 rings (SSSR count). The number of aromatic amines is 1. The van der Waals surface area contributed by atoms with Crippen molar-refractivity contribution in [3.63, 3.8) is 0 Å². The molecule has 2 aromatic rings. The van der Waals surface area contributed by atoms with E-state index in [4.69, 9.17) is 11.6 Å². The first kappa shape index (κ1) is 21.4. The molecule has 0 bridgehead atoms. The third-order valence-electron chi connectivity index (χ3n) is 5.86. The molecule has 1 aromatic heterocycles. The van der Waals surface area contributed by atoms with Crippen LogP contribution in [0, 0.1) is 18.8 Å². The van der Waals surface area contributed by atoms with Gasteiger partial charge in [0, 0.05) is 30.2 Å². The number of rotatable bonds is 3. The summed E-state index contributed by atoms with van der Waals surface area (Å²) in [6.07, 6.45) is 0.994. The number of hydrogen-bond donors (Lipinski definition) is 3. The van der Waals surface area contributed by atoms with Gasteiger partial charge in [-0.2, -0.15) is 4.98 Å². The maximum absolute atomic E-state index is 13.0. The molecular formula is C22H26ClN5O3. The summed E-state index contributed by atoms with van der Waals surface area (Å²) in [4.78, 5) is 47.7. The molecule has 1 aromatic carbocycles. The zero-order chi connectivity index (χ0) is 22.3. The Bertz CT molecular complexity index is 1090. The molecular weight excluding hydrogens is 418 g/mol. The van der Waals surface area contributed by atoms with Gasteiger partial charge in [0.15, 0.2) is 0 Å². The lowest BCUT2D eigenvalue weighted by atomic mass is 9.91. The average molecular weight is 444 g/mol. The predicted octanol–water partition coefficient (Wildman–Crippen LogP) is 3.28. The van der Waals surface area contributed by atoms with Crippen molar-refractivity contribution in [2.45, 2.75) is 39.5 Å². The smallest absolute Gasteiger partial charge is 0.258 e. The van der Waals surface area contributed by atoms with Gasteiger partial charge in [-0.15, -0.1) is 0 Å². The van der Waals surface area contributed by atoms with E-state index in [0.717, 1.165) is 25.1 Å². The Labute approximate surface area is 185 Å². The van der Waals surface area contributed by atoms with E-state index in [2.05, 4.69) is 34.4 Å². The molecule has 3 heterocycles. The zero-order valence-corrected chi connectivity index (χ0v) is 18.5. The van der Waals surface area contributed by atoms with Crippen molar-refractivity contribution in [3.8, 4) is 0 Å². The molecule has 0 saturated carbocycles. The number of nitrogens with zero attached hydrogens (tertiary/aromatic N) is 2. The van der Waals surface area contributed by atoms with Crippen molar-refractivity contribution in [1.29, 1.82) is 0 Å². The quantitative estimate of drug-likeness (QED) is 0.674. The predicted molar refractivity (Wildman–Crippen MR) is 121 cm³/mol. The summed E-state index contributed by atoms with van der Waals surface area (Å²) >= 11 is 6.14. The molecule has 0 radical (unpaired) electrons. The molecule has 0 aliphatic carbocycles. The van der Waals surface area contributed by atoms with Crippen LogP contribution in [-0.2, 0) is 9.59 Å². The SMILES string of the molecule is Cc1ccc(NC(=O)[C@@H]2CC(=O)Nc3nc(N4C[C@H](C)C[C@@H](C)C4)[nH]c(=O)c32)cc1Cl. The molecule has 1 fully saturated rings. The van der Waals surface area contributed by atoms with Gasteiger partial charge in [0.05, 0.1) is 11.5 Å². The number of fused-ring (bicyclic) bond motifs is 1. The van der Waals surface area contributed by atoms with Gasteiger partial charge in [0.1, 0.15) is 5.82 Å². The van der Waals surface area contributed by atoms with Gasteiger partial charge in [-0.05, 0) is 42.9 Å². The zero-order valence-electron chi connectivity index (χ0n) is 17.8. The Morgan fingerprint density at radius 1 is 1.23 bits per heavy atom. The van der Waals surface area contributed by atoms with Crippen molar-refractivity contribution in [2.24, 2.45) is 11.8 Å².